The van der Waals surface area contributed by atoms with Gasteiger partial charge < -0.3 is 5.73 Å². The molecule has 2 aromatic carbocycles. The van der Waals surface area contributed by atoms with E-state index >= 15 is 0 Å². The van der Waals surface area contributed by atoms with Crippen LogP contribution < -0.4 is 10.5 Å². The van der Waals surface area contributed by atoms with E-state index in [1.165, 1.54) is 5.56 Å². The molecule has 0 fully saturated rings. The molecule has 0 aromatic heterocycles. The van der Waals surface area contributed by atoms with Gasteiger partial charge >= 0.3 is 0 Å². The van der Waals surface area contributed by atoms with E-state index in [1.54, 1.807) is 24.3 Å². The summed E-state index contributed by atoms with van der Waals surface area (Å²) in [6.07, 6.45) is 3.08. The second-order valence-corrected chi connectivity index (χ2v) is 7.16. The van der Waals surface area contributed by atoms with Crippen molar-refractivity contribution in [3.63, 3.8) is 0 Å². The summed E-state index contributed by atoms with van der Waals surface area (Å²) in [6.45, 7) is 1.90. The van der Waals surface area contributed by atoms with Crippen LogP contribution in [-0.2, 0) is 22.9 Å². The van der Waals surface area contributed by atoms with Crippen LogP contribution >= 0.6 is 0 Å². The van der Waals surface area contributed by atoms with Gasteiger partial charge in [-0.3, -0.25) is 4.72 Å². The highest BCUT2D eigenvalue weighted by molar-refractivity contribution is 7.92. The van der Waals surface area contributed by atoms with Gasteiger partial charge in [0.15, 0.2) is 0 Å². The molecule has 0 aliphatic heterocycles. The van der Waals surface area contributed by atoms with Crippen LogP contribution in [0.2, 0.25) is 0 Å². The van der Waals surface area contributed by atoms with Gasteiger partial charge in [-0.05, 0) is 67.1 Å². The summed E-state index contributed by atoms with van der Waals surface area (Å²) >= 11 is 0. The van der Waals surface area contributed by atoms with Gasteiger partial charge in [0.25, 0.3) is 10.0 Å². The molecule has 3 rings (SSSR count). The third-order valence-electron chi connectivity index (χ3n) is 3.83. The predicted octanol–water partition coefficient (Wildman–Crippen LogP) is 2.87. The minimum atomic E-state index is -3.60. The molecule has 1 aliphatic rings. The predicted molar refractivity (Wildman–Crippen MR) is 84.9 cm³/mol. The molecule has 1 aliphatic carbocycles. The van der Waals surface area contributed by atoms with Crippen molar-refractivity contribution in [3.05, 3.63) is 53.1 Å². The van der Waals surface area contributed by atoms with E-state index in [9.17, 15) is 8.42 Å². The van der Waals surface area contributed by atoms with Crippen LogP contribution in [0.1, 0.15) is 23.1 Å². The number of anilines is 2. The summed E-state index contributed by atoms with van der Waals surface area (Å²) in [6, 6.07) is 10.6. The highest BCUT2D eigenvalue weighted by Gasteiger charge is 2.19. The fourth-order valence-corrected chi connectivity index (χ4v) is 3.81. The highest BCUT2D eigenvalue weighted by atomic mass is 32.2. The third-order valence-corrected chi connectivity index (χ3v) is 5.20. The number of hydrogen-bond acceptors (Lipinski definition) is 3. The van der Waals surface area contributed by atoms with Gasteiger partial charge in [-0.25, -0.2) is 8.42 Å². The Morgan fingerprint density at radius 2 is 1.81 bits per heavy atom. The van der Waals surface area contributed by atoms with E-state index in [-0.39, 0.29) is 0 Å². The Balaban J connectivity index is 1.95. The fraction of sp³-hybridized carbons (Fsp3) is 0.250. The van der Waals surface area contributed by atoms with E-state index in [2.05, 4.69) is 4.72 Å². The first-order valence-electron chi connectivity index (χ1n) is 6.96. The molecule has 2 aromatic rings. The minimum absolute atomic E-state index is 0.295. The van der Waals surface area contributed by atoms with Gasteiger partial charge in [0, 0.05) is 0 Å². The van der Waals surface area contributed by atoms with Crippen molar-refractivity contribution in [3.8, 4) is 0 Å². The van der Waals surface area contributed by atoms with E-state index in [1.807, 2.05) is 19.1 Å². The number of hydrogen-bond donors (Lipinski definition) is 2. The van der Waals surface area contributed by atoms with Crippen LogP contribution in [0.25, 0.3) is 0 Å². The first-order valence-corrected chi connectivity index (χ1v) is 8.45. The number of nitrogens with one attached hydrogen (secondary N) is 1. The lowest BCUT2D eigenvalue weighted by Crippen LogP contribution is -2.14. The number of fused-ring (bicyclic) bond motifs is 1. The normalized spacial score (nSPS) is 14.0. The van der Waals surface area contributed by atoms with Gasteiger partial charge in [-0.15, -0.1) is 0 Å². The van der Waals surface area contributed by atoms with Crippen molar-refractivity contribution >= 4 is 21.4 Å². The van der Waals surface area contributed by atoms with Crippen molar-refractivity contribution in [1.29, 1.82) is 0 Å². The van der Waals surface area contributed by atoms with Crippen LogP contribution in [0.5, 0.6) is 0 Å². The van der Waals surface area contributed by atoms with E-state index in [0.29, 0.717) is 16.3 Å². The molecule has 0 saturated heterocycles. The van der Waals surface area contributed by atoms with Gasteiger partial charge in [0.05, 0.1) is 16.3 Å². The second-order valence-electron chi connectivity index (χ2n) is 5.48. The maximum atomic E-state index is 12.5. The number of benzene rings is 2. The molecule has 0 bridgehead atoms. The molecule has 0 spiro atoms. The molecule has 0 heterocycles. The lowest BCUT2D eigenvalue weighted by Gasteiger charge is -2.12. The number of nitrogens with two attached hydrogens (primary N) is 1. The Morgan fingerprint density at radius 1 is 1.05 bits per heavy atom. The number of nitrogen functional groups attached to an aromatic ring is 1. The molecule has 21 heavy (non-hydrogen) atoms. The smallest absolute Gasteiger partial charge is 0.261 e. The fourth-order valence-electron chi connectivity index (χ4n) is 2.68. The van der Waals surface area contributed by atoms with Crippen LogP contribution in [0.4, 0.5) is 11.4 Å². The third kappa shape index (κ3) is 2.74. The molecule has 3 N–H and O–H groups in total. The van der Waals surface area contributed by atoms with Crippen molar-refractivity contribution in [2.75, 3.05) is 10.5 Å². The van der Waals surface area contributed by atoms with Crippen molar-refractivity contribution in [2.24, 2.45) is 0 Å². The number of sulfonamides is 1. The average molecular weight is 302 g/mol. The van der Waals surface area contributed by atoms with E-state index < -0.39 is 10.0 Å². The summed E-state index contributed by atoms with van der Waals surface area (Å²) in [5.41, 5.74) is 10.0. The van der Waals surface area contributed by atoms with Crippen molar-refractivity contribution in [2.45, 2.75) is 31.1 Å². The molecule has 0 radical (unpaired) electrons. The summed E-state index contributed by atoms with van der Waals surface area (Å²) < 4.78 is 27.6. The number of rotatable bonds is 3. The molecule has 4 nitrogen and oxygen atoms in total. The summed E-state index contributed by atoms with van der Waals surface area (Å²) in [5.74, 6) is 0. The zero-order valence-electron chi connectivity index (χ0n) is 11.9. The number of aryl methyl sites for hydroxylation is 3. The maximum Gasteiger partial charge on any atom is 0.261 e. The quantitative estimate of drug-likeness (QED) is 0.856. The second kappa shape index (κ2) is 5.07. The van der Waals surface area contributed by atoms with Gasteiger partial charge in [0.2, 0.25) is 0 Å². The van der Waals surface area contributed by atoms with Gasteiger partial charge in [0.1, 0.15) is 0 Å². The molecule has 0 unspecified atom stereocenters. The summed E-state index contributed by atoms with van der Waals surface area (Å²) in [4.78, 5) is 0.295. The van der Waals surface area contributed by atoms with Crippen LogP contribution in [0, 0.1) is 6.92 Å². The first-order chi connectivity index (χ1) is 9.95. The van der Waals surface area contributed by atoms with Crippen LogP contribution in [-0.4, -0.2) is 8.42 Å². The highest BCUT2D eigenvalue weighted by Crippen LogP contribution is 2.27. The Hall–Kier alpha value is -2.01. The Morgan fingerprint density at radius 3 is 2.62 bits per heavy atom. The van der Waals surface area contributed by atoms with E-state index in [4.69, 9.17) is 5.73 Å². The summed E-state index contributed by atoms with van der Waals surface area (Å²) in [5, 5.41) is 0. The average Bonchev–Trinajstić information content (AvgIpc) is 2.90. The zero-order valence-corrected chi connectivity index (χ0v) is 12.7. The molecule has 5 heteroatoms. The Labute approximate surface area is 125 Å². The molecule has 0 atom stereocenters. The van der Waals surface area contributed by atoms with Gasteiger partial charge in [-0.2, -0.15) is 0 Å². The monoisotopic (exact) mass is 302 g/mol. The topological polar surface area (TPSA) is 72.2 Å². The Bertz CT molecular complexity index is 798. The van der Waals surface area contributed by atoms with Gasteiger partial charge in [-0.1, -0.05) is 12.1 Å². The van der Waals surface area contributed by atoms with Crippen molar-refractivity contribution < 1.29 is 8.42 Å². The molecular weight excluding hydrogens is 284 g/mol. The Kier molecular flexibility index (Phi) is 3.37. The molecule has 110 valence electrons. The summed E-state index contributed by atoms with van der Waals surface area (Å²) in [7, 11) is -3.60. The zero-order chi connectivity index (χ0) is 15.0. The molecular formula is C16H18N2O2S. The minimum Gasteiger partial charge on any atom is -0.397 e. The standard InChI is InChI=1S/C16H18N2O2S/c1-11-5-8-15(17)16(9-11)18-21(19,20)14-7-6-12-3-2-4-13(12)10-14/h5-10,18H,2-4,17H2,1H3. The van der Waals surface area contributed by atoms with E-state index in [0.717, 1.165) is 30.4 Å². The SMILES string of the molecule is Cc1ccc(N)c(NS(=O)(=O)c2ccc3c(c2)CCC3)c1. The van der Waals surface area contributed by atoms with Crippen LogP contribution in [0.15, 0.2) is 41.3 Å². The molecule has 0 amide bonds. The largest absolute Gasteiger partial charge is 0.397 e. The molecule has 0 saturated carbocycles. The first kappa shape index (κ1) is 13.9. The lowest BCUT2D eigenvalue weighted by atomic mass is 10.1. The van der Waals surface area contributed by atoms with Crippen molar-refractivity contribution in [1.82, 2.24) is 0 Å². The van der Waals surface area contributed by atoms with Crippen LogP contribution in [0.3, 0.4) is 0 Å². The lowest BCUT2D eigenvalue weighted by molar-refractivity contribution is 0.601. The maximum absolute atomic E-state index is 12.5.